The molecule has 0 aromatic heterocycles. The Bertz CT molecular complexity index is 287. The van der Waals surface area contributed by atoms with Crippen molar-refractivity contribution < 1.29 is 9.90 Å². The Hall–Kier alpha value is -0.570. The van der Waals surface area contributed by atoms with Crippen LogP contribution in [0.2, 0.25) is 0 Å². The van der Waals surface area contributed by atoms with Crippen LogP contribution >= 0.6 is 0 Å². The standard InChI is InChI=1S/C15H27NO2/c1-12(2)8-13(14(17)18)9-16-10-15(11-16)6-4-3-5-7-15/h12-13H,3-11H2,1-2H3,(H,17,18). The van der Waals surface area contributed by atoms with E-state index in [0.717, 1.165) is 26.1 Å². The van der Waals surface area contributed by atoms with E-state index in [1.165, 1.54) is 32.1 Å². The molecule has 3 nitrogen and oxygen atoms in total. The number of hydrogen-bond donors (Lipinski definition) is 1. The van der Waals surface area contributed by atoms with Crippen molar-refractivity contribution >= 4 is 5.97 Å². The van der Waals surface area contributed by atoms with E-state index in [4.69, 9.17) is 0 Å². The van der Waals surface area contributed by atoms with Gasteiger partial charge < -0.3 is 10.0 Å². The molecule has 0 aromatic carbocycles. The molecule has 1 spiro atoms. The minimum Gasteiger partial charge on any atom is -0.481 e. The van der Waals surface area contributed by atoms with Crippen molar-refractivity contribution in [2.45, 2.75) is 52.4 Å². The topological polar surface area (TPSA) is 40.5 Å². The largest absolute Gasteiger partial charge is 0.481 e. The molecule has 0 bridgehead atoms. The summed E-state index contributed by atoms with van der Waals surface area (Å²) in [6.45, 7) is 7.27. The molecule has 0 amide bonds. The van der Waals surface area contributed by atoms with E-state index in [1.54, 1.807) is 0 Å². The first-order chi connectivity index (χ1) is 8.51. The molecule has 1 aliphatic heterocycles. The van der Waals surface area contributed by atoms with E-state index in [2.05, 4.69) is 18.7 Å². The number of likely N-dealkylation sites (tertiary alicyclic amines) is 1. The van der Waals surface area contributed by atoms with Crippen LogP contribution in [0.4, 0.5) is 0 Å². The van der Waals surface area contributed by atoms with E-state index >= 15 is 0 Å². The molecule has 18 heavy (non-hydrogen) atoms. The molecular weight excluding hydrogens is 226 g/mol. The van der Waals surface area contributed by atoms with Gasteiger partial charge in [-0.05, 0) is 30.6 Å². The number of carboxylic acid groups (broad SMARTS) is 1. The second kappa shape index (κ2) is 5.60. The Labute approximate surface area is 111 Å². The molecule has 2 fully saturated rings. The van der Waals surface area contributed by atoms with Crippen molar-refractivity contribution in [2.75, 3.05) is 19.6 Å². The Morgan fingerprint density at radius 2 is 1.83 bits per heavy atom. The second-order valence-electron chi connectivity index (χ2n) is 6.89. The number of carbonyl (C=O) groups is 1. The SMILES string of the molecule is CC(C)CC(CN1CC2(CCCCC2)C1)C(=O)O. The van der Waals surface area contributed by atoms with Crippen LogP contribution in [0.5, 0.6) is 0 Å². The first kappa shape index (κ1) is 13.9. The lowest BCUT2D eigenvalue weighted by molar-refractivity contribution is -0.145. The predicted octanol–water partition coefficient (Wildman–Crippen LogP) is 3.00. The molecule has 1 N–H and O–H groups in total. The summed E-state index contributed by atoms with van der Waals surface area (Å²) in [5.41, 5.74) is 0.569. The maximum absolute atomic E-state index is 11.3. The molecule has 3 heteroatoms. The highest BCUT2D eigenvalue weighted by Gasteiger charge is 2.44. The quantitative estimate of drug-likeness (QED) is 0.819. The summed E-state index contributed by atoms with van der Waals surface area (Å²) in [4.78, 5) is 13.6. The Morgan fingerprint density at radius 3 is 2.33 bits per heavy atom. The monoisotopic (exact) mass is 253 g/mol. The van der Waals surface area contributed by atoms with Crippen LogP contribution in [-0.4, -0.2) is 35.6 Å². The highest BCUT2D eigenvalue weighted by atomic mass is 16.4. The van der Waals surface area contributed by atoms with Gasteiger partial charge in [0.05, 0.1) is 5.92 Å². The number of hydrogen-bond acceptors (Lipinski definition) is 2. The summed E-state index contributed by atoms with van der Waals surface area (Å²) in [7, 11) is 0. The third-order valence-corrected chi connectivity index (χ3v) is 4.62. The van der Waals surface area contributed by atoms with Gasteiger partial charge >= 0.3 is 5.97 Å². The Balaban J connectivity index is 1.78. The van der Waals surface area contributed by atoms with Gasteiger partial charge in [-0.15, -0.1) is 0 Å². The minimum absolute atomic E-state index is 0.175. The summed E-state index contributed by atoms with van der Waals surface area (Å²) in [6.07, 6.45) is 7.69. The predicted molar refractivity (Wildman–Crippen MR) is 72.5 cm³/mol. The van der Waals surface area contributed by atoms with E-state index in [1.807, 2.05) is 0 Å². The van der Waals surface area contributed by atoms with Crippen molar-refractivity contribution in [1.29, 1.82) is 0 Å². The Morgan fingerprint density at radius 1 is 1.22 bits per heavy atom. The zero-order valence-corrected chi connectivity index (χ0v) is 11.8. The van der Waals surface area contributed by atoms with Crippen molar-refractivity contribution in [3.63, 3.8) is 0 Å². The lowest BCUT2D eigenvalue weighted by atomic mass is 9.68. The van der Waals surface area contributed by atoms with Crippen molar-refractivity contribution in [2.24, 2.45) is 17.3 Å². The summed E-state index contributed by atoms with van der Waals surface area (Å²) >= 11 is 0. The van der Waals surface area contributed by atoms with Gasteiger partial charge in [-0.2, -0.15) is 0 Å². The summed E-state index contributed by atoms with van der Waals surface area (Å²) in [5.74, 6) is -0.324. The highest BCUT2D eigenvalue weighted by molar-refractivity contribution is 5.70. The third kappa shape index (κ3) is 3.25. The zero-order valence-electron chi connectivity index (χ0n) is 11.8. The maximum atomic E-state index is 11.3. The van der Waals surface area contributed by atoms with Gasteiger partial charge in [0.2, 0.25) is 0 Å². The Kier molecular flexibility index (Phi) is 4.31. The number of nitrogens with zero attached hydrogens (tertiary/aromatic N) is 1. The van der Waals surface area contributed by atoms with Crippen LogP contribution in [0.25, 0.3) is 0 Å². The first-order valence-electron chi connectivity index (χ1n) is 7.46. The van der Waals surface area contributed by atoms with Crippen LogP contribution in [-0.2, 0) is 4.79 Å². The fourth-order valence-electron chi connectivity index (χ4n) is 3.78. The van der Waals surface area contributed by atoms with Crippen LogP contribution in [0, 0.1) is 17.3 Å². The summed E-state index contributed by atoms with van der Waals surface area (Å²) < 4.78 is 0. The van der Waals surface area contributed by atoms with Crippen LogP contribution in [0.1, 0.15) is 52.4 Å². The van der Waals surface area contributed by atoms with E-state index in [0.29, 0.717) is 11.3 Å². The molecule has 1 saturated heterocycles. The molecule has 1 atom stereocenters. The van der Waals surface area contributed by atoms with Gasteiger partial charge in [0, 0.05) is 19.6 Å². The van der Waals surface area contributed by atoms with Gasteiger partial charge in [0.25, 0.3) is 0 Å². The van der Waals surface area contributed by atoms with Crippen LogP contribution in [0.15, 0.2) is 0 Å². The smallest absolute Gasteiger partial charge is 0.307 e. The molecule has 104 valence electrons. The van der Waals surface area contributed by atoms with Gasteiger partial charge in [0.1, 0.15) is 0 Å². The lowest BCUT2D eigenvalue weighted by Gasteiger charge is -2.53. The van der Waals surface area contributed by atoms with Crippen LogP contribution < -0.4 is 0 Å². The minimum atomic E-state index is -0.617. The number of aliphatic carboxylic acids is 1. The number of carboxylic acids is 1. The average Bonchev–Trinajstić information content (AvgIpc) is 2.26. The highest BCUT2D eigenvalue weighted by Crippen LogP contribution is 2.44. The molecular formula is C15H27NO2. The number of rotatable bonds is 5. The first-order valence-corrected chi connectivity index (χ1v) is 7.46. The van der Waals surface area contributed by atoms with Gasteiger partial charge in [0.15, 0.2) is 0 Å². The average molecular weight is 253 g/mol. The molecule has 0 radical (unpaired) electrons. The lowest BCUT2D eigenvalue weighted by Crippen LogP contribution is -2.58. The van der Waals surface area contributed by atoms with Gasteiger partial charge in [-0.1, -0.05) is 33.1 Å². The van der Waals surface area contributed by atoms with Crippen molar-refractivity contribution in [3.8, 4) is 0 Å². The molecule has 1 unspecified atom stereocenters. The molecule has 0 aromatic rings. The molecule has 1 saturated carbocycles. The van der Waals surface area contributed by atoms with E-state index < -0.39 is 5.97 Å². The van der Waals surface area contributed by atoms with Gasteiger partial charge in [-0.25, -0.2) is 0 Å². The normalized spacial score (nSPS) is 25.1. The van der Waals surface area contributed by atoms with E-state index in [9.17, 15) is 9.90 Å². The maximum Gasteiger partial charge on any atom is 0.307 e. The fraction of sp³-hybridized carbons (Fsp3) is 0.933. The third-order valence-electron chi connectivity index (χ3n) is 4.62. The van der Waals surface area contributed by atoms with E-state index in [-0.39, 0.29) is 5.92 Å². The molecule has 1 aliphatic carbocycles. The zero-order chi connectivity index (χ0) is 13.2. The molecule has 1 heterocycles. The summed E-state index contributed by atoms with van der Waals surface area (Å²) in [6, 6.07) is 0. The van der Waals surface area contributed by atoms with Crippen LogP contribution in [0.3, 0.4) is 0 Å². The molecule has 2 aliphatic rings. The molecule has 2 rings (SSSR count). The fourth-order valence-corrected chi connectivity index (χ4v) is 3.78. The second-order valence-corrected chi connectivity index (χ2v) is 6.89. The van der Waals surface area contributed by atoms with Crippen molar-refractivity contribution in [3.05, 3.63) is 0 Å². The summed E-state index contributed by atoms with van der Waals surface area (Å²) in [5, 5.41) is 9.27. The van der Waals surface area contributed by atoms with Gasteiger partial charge in [-0.3, -0.25) is 4.79 Å². The van der Waals surface area contributed by atoms with Crippen molar-refractivity contribution in [1.82, 2.24) is 4.90 Å².